The molecule has 1 atom stereocenters. The van der Waals surface area contributed by atoms with Crippen molar-refractivity contribution >= 4 is 0 Å². The van der Waals surface area contributed by atoms with E-state index in [0.717, 1.165) is 12.5 Å². The van der Waals surface area contributed by atoms with Gasteiger partial charge in [0.1, 0.15) is 0 Å². The molecule has 0 N–H and O–H groups in total. The van der Waals surface area contributed by atoms with Crippen LogP contribution in [0.4, 0.5) is 0 Å². The van der Waals surface area contributed by atoms with Crippen LogP contribution in [0.15, 0.2) is 0 Å². The Balaban J connectivity index is 0.000000640. The summed E-state index contributed by atoms with van der Waals surface area (Å²) < 4.78 is 0. The minimum atomic E-state index is 0. The summed E-state index contributed by atoms with van der Waals surface area (Å²) in [5.41, 5.74) is 0. The fraction of sp³-hybridized carbons (Fsp3) is 1.00. The van der Waals surface area contributed by atoms with Crippen LogP contribution in [0, 0.1) is 5.92 Å². The van der Waals surface area contributed by atoms with Crippen LogP contribution in [0.25, 0.3) is 5.32 Å². The van der Waals surface area contributed by atoms with Crippen LogP contribution in [-0.4, -0.2) is 12.6 Å². The average molecular weight is 151 g/mol. The van der Waals surface area contributed by atoms with Crippen molar-refractivity contribution in [3.05, 3.63) is 5.32 Å². The summed E-state index contributed by atoms with van der Waals surface area (Å²) in [5.74, 6) is 0.775. The largest absolute Gasteiger partial charge is 1.00 e. The van der Waals surface area contributed by atoms with Gasteiger partial charge in [-0.15, -0.1) is 12.6 Å². The summed E-state index contributed by atoms with van der Waals surface area (Å²) >= 11 is 0. The minimum absolute atomic E-state index is 0. The van der Waals surface area contributed by atoms with E-state index in [1.165, 1.54) is 12.8 Å². The van der Waals surface area contributed by atoms with Gasteiger partial charge in [0.05, 0.1) is 0 Å². The molecule has 0 bridgehead atoms. The fourth-order valence-electron chi connectivity index (χ4n) is 1.19. The first-order chi connectivity index (χ1) is 3.80. The third kappa shape index (κ3) is 3.49. The van der Waals surface area contributed by atoms with E-state index < -0.39 is 0 Å². The van der Waals surface area contributed by atoms with Crippen LogP contribution in [-0.2, 0) is 0 Å². The maximum atomic E-state index is 4.44. The molecule has 1 fully saturated rings. The van der Waals surface area contributed by atoms with Gasteiger partial charge < -0.3 is 5.32 Å². The maximum Gasteiger partial charge on any atom is 1.00 e. The van der Waals surface area contributed by atoms with E-state index in [-0.39, 0.29) is 51.4 Å². The Morgan fingerprint density at radius 2 is 2.11 bits per heavy atom. The molecule has 1 saturated heterocycles. The molecule has 0 aliphatic carbocycles. The second-order valence-electron chi connectivity index (χ2n) is 2.86. The first kappa shape index (κ1) is 10.6. The summed E-state index contributed by atoms with van der Waals surface area (Å²) in [4.78, 5) is 0. The Hall–Kier alpha value is 1.60. The van der Waals surface area contributed by atoms with E-state index in [1.54, 1.807) is 0 Å². The Morgan fingerprint density at radius 1 is 1.44 bits per heavy atom. The molecular formula is C7H14KN. The van der Waals surface area contributed by atoms with Gasteiger partial charge in [0.2, 0.25) is 0 Å². The van der Waals surface area contributed by atoms with Gasteiger partial charge in [-0.2, -0.15) is 0 Å². The second-order valence-corrected chi connectivity index (χ2v) is 2.86. The Kier molecular flexibility index (Phi) is 6.21. The van der Waals surface area contributed by atoms with E-state index in [2.05, 4.69) is 19.2 Å². The van der Waals surface area contributed by atoms with E-state index >= 15 is 0 Å². The summed E-state index contributed by atoms with van der Waals surface area (Å²) in [7, 11) is 0. The quantitative estimate of drug-likeness (QED) is 0.435. The van der Waals surface area contributed by atoms with Gasteiger partial charge in [-0.1, -0.05) is 32.6 Å². The van der Waals surface area contributed by atoms with Gasteiger partial charge in [0, 0.05) is 0 Å². The molecule has 0 aromatic rings. The zero-order chi connectivity index (χ0) is 5.98. The Morgan fingerprint density at radius 3 is 2.33 bits per heavy atom. The molecule has 1 aliphatic heterocycles. The van der Waals surface area contributed by atoms with Gasteiger partial charge in [0.25, 0.3) is 0 Å². The molecule has 1 aliphatic rings. The first-order valence-corrected chi connectivity index (χ1v) is 3.47. The van der Waals surface area contributed by atoms with E-state index in [4.69, 9.17) is 0 Å². The molecular weight excluding hydrogens is 137 g/mol. The van der Waals surface area contributed by atoms with E-state index in [0.29, 0.717) is 6.04 Å². The van der Waals surface area contributed by atoms with Crippen molar-refractivity contribution in [1.29, 1.82) is 0 Å². The summed E-state index contributed by atoms with van der Waals surface area (Å²) in [6, 6.07) is 0.690. The average Bonchev–Trinajstić information content (AvgIpc) is 2.12. The molecule has 0 aromatic carbocycles. The number of hydrogen-bond donors (Lipinski definition) is 0. The molecule has 0 aromatic heterocycles. The first-order valence-electron chi connectivity index (χ1n) is 3.47. The standard InChI is InChI=1S/C7H14N.K/c1-6(2)7-4-3-5-8-7;/h6-7H,3-5H2,1-2H3;/q-1;+1. The van der Waals surface area contributed by atoms with Crippen LogP contribution in [0.2, 0.25) is 0 Å². The smallest absolute Gasteiger partial charge is 0.659 e. The van der Waals surface area contributed by atoms with Crippen LogP contribution < -0.4 is 51.4 Å². The number of hydrogen-bond acceptors (Lipinski definition) is 0. The van der Waals surface area contributed by atoms with Crippen molar-refractivity contribution in [2.24, 2.45) is 5.92 Å². The predicted octanol–water partition coefficient (Wildman–Crippen LogP) is -0.817. The summed E-state index contributed by atoms with van der Waals surface area (Å²) in [6.07, 6.45) is 2.65. The number of rotatable bonds is 1. The van der Waals surface area contributed by atoms with Gasteiger partial charge in [-0.3, -0.25) is 0 Å². The zero-order valence-corrected chi connectivity index (χ0v) is 9.85. The molecule has 0 amide bonds. The third-order valence-corrected chi connectivity index (χ3v) is 1.79. The van der Waals surface area contributed by atoms with Crippen molar-refractivity contribution in [3.63, 3.8) is 0 Å². The van der Waals surface area contributed by atoms with Crippen LogP contribution >= 0.6 is 0 Å². The molecule has 9 heavy (non-hydrogen) atoms. The molecule has 1 nitrogen and oxygen atoms in total. The van der Waals surface area contributed by atoms with Crippen molar-refractivity contribution < 1.29 is 51.4 Å². The zero-order valence-electron chi connectivity index (χ0n) is 6.72. The van der Waals surface area contributed by atoms with Crippen molar-refractivity contribution in [1.82, 2.24) is 0 Å². The van der Waals surface area contributed by atoms with E-state index in [9.17, 15) is 0 Å². The van der Waals surface area contributed by atoms with E-state index in [1.807, 2.05) is 0 Å². The van der Waals surface area contributed by atoms with Gasteiger partial charge in [0.15, 0.2) is 0 Å². The minimum Gasteiger partial charge on any atom is -0.659 e. The fourth-order valence-corrected chi connectivity index (χ4v) is 1.19. The topological polar surface area (TPSA) is 14.1 Å². The molecule has 1 rings (SSSR count). The monoisotopic (exact) mass is 151 g/mol. The van der Waals surface area contributed by atoms with Gasteiger partial charge in [-0.25, -0.2) is 0 Å². The summed E-state index contributed by atoms with van der Waals surface area (Å²) in [5, 5.41) is 4.44. The molecule has 1 unspecified atom stereocenters. The Labute approximate surface area is 100 Å². The summed E-state index contributed by atoms with van der Waals surface area (Å²) in [6.45, 7) is 5.61. The molecule has 0 spiro atoms. The Bertz CT molecular complexity index is 67.3. The van der Waals surface area contributed by atoms with Crippen LogP contribution in [0.3, 0.4) is 0 Å². The second kappa shape index (κ2) is 5.27. The van der Waals surface area contributed by atoms with Crippen LogP contribution in [0.1, 0.15) is 26.7 Å². The molecule has 0 radical (unpaired) electrons. The third-order valence-electron chi connectivity index (χ3n) is 1.79. The maximum absolute atomic E-state index is 4.44. The predicted molar refractivity (Wildman–Crippen MR) is 36.1 cm³/mol. The molecule has 1 heterocycles. The van der Waals surface area contributed by atoms with Crippen molar-refractivity contribution in [2.45, 2.75) is 32.7 Å². The van der Waals surface area contributed by atoms with Crippen LogP contribution in [0.5, 0.6) is 0 Å². The molecule has 2 heteroatoms. The van der Waals surface area contributed by atoms with Crippen molar-refractivity contribution in [3.8, 4) is 0 Å². The van der Waals surface area contributed by atoms with Gasteiger partial charge in [-0.05, 0) is 0 Å². The molecule has 0 saturated carbocycles. The van der Waals surface area contributed by atoms with Crippen molar-refractivity contribution in [2.75, 3.05) is 6.54 Å². The normalized spacial score (nSPS) is 26.3. The van der Waals surface area contributed by atoms with Gasteiger partial charge >= 0.3 is 51.4 Å². The molecule has 48 valence electrons. The number of nitrogens with zero attached hydrogens (tertiary/aromatic N) is 1. The SMILES string of the molecule is CC(C)C1CCC[N-]1.[K+].